The molecule has 0 saturated heterocycles. The Morgan fingerprint density at radius 1 is 1.21 bits per heavy atom. The number of anilines is 1. The van der Waals surface area contributed by atoms with Gasteiger partial charge in [0.05, 0.1) is 18.3 Å². The number of fused-ring (bicyclic) bond motifs is 1. The van der Waals surface area contributed by atoms with E-state index in [9.17, 15) is 15.0 Å². The van der Waals surface area contributed by atoms with Crippen LogP contribution in [0, 0.1) is 5.92 Å². The lowest BCUT2D eigenvalue weighted by molar-refractivity contribution is -0.120. The normalized spacial score (nSPS) is 18.5. The smallest absolute Gasteiger partial charge is 0.248 e. The van der Waals surface area contributed by atoms with Gasteiger partial charge in [-0.3, -0.25) is 9.48 Å². The number of rotatable bonds is 10. The molecule has 10 nitrogen and oxygen atoms in total. The van der Waals surface area contributed by atoms with Gasteiger partial charge in [-0.05, 0) is 38.3 Å². The predicted molar refractivity (Wildman–Crippen MR) is 145 cm³/mol. The number of carbonyl (C=O) groups excluding carboxylic acids is 1. The van der Waals surface area contributed by atoms with Crippen molar-refractivity contribution in [1.29, 1.82) is 0 Å². The first-order valence-electron chi connectivity index (χ1n) is 13.7. The molecule has 1 saturated carbocycles. The van der Waals surface area contributed by atoms with Crippen molar-refractivity contribution in [3.8, 4) is 23.1 Å². The SMILES string of the molecule is CC(C)(O)Cn1ccc(NC(=O)[C@H](CC2CCCCC2)n2cc(OCC3COc4ccccc4O3)cc2O)n1. The van der Waals surface area contributed by atoms with E-state index in [4.69, 9.17) is 14.2 Å². The zero-order valence-electron chi connectivity index (χ0n) is 22.6. The van der Waals surface area contributed by atoms with Crippen LogP contribution in [0.25, 0.3) is 0 Å². The highest BCUT2D eigenvalue weighted by atomic mass is 16.6. The number of aromatic hydroxyl groups is 1. The van der Waals surface area contributed by atoms with E-state index >= 15 is 0 Å². The van der Waals surface area contributed by atoms with Crippen molar-refractivity contribution < 1.29 is 29.2 Å². The fourth-order valence-corrected chi connectivity index (χ4v) is 5.31. The molecule has 0 radical (unpaired) electrons. The third-order valence-corrected chi connectivity index (χ3v) is 7.17. The number of amides is 1. The maximum absolute atomic E-state index is 13.5. The molecule has 2 atom stereocenters. The topological polar surface area (TPSA) is 120 Å². The van der Waals surface area contributed by atoms with E-state index in [0.717, 1.165) is 25.7 Å². The number of benzene rings is 1. The minimum atomic E-state index is -0.928. The molecule has 1 fully saturated rings. The molecule has 210 valence electrons. The van der Waals surface area contributed by atoms with Gasteiger partial charge in [0.25, 0.3) is 0 Å². The molecule has 3 heterocycles. The first kappa shape index (κ1) is 26.9. The second-order valence-corrected chi connectivity index (χ2v) is 11.2. The molecular formula is C29H38N4O6. The average Bonchev–Trinajstić information content (AvgIpc) is 3.50. The third-order valence-electron chi connectivity index (χ3n) is 7.17. The monoisotopic (exact) mass is 538 g/mol. The molecule has 1 aliphatic carbocycles. The van der Waals surface area contributed by atoms with Crippen molar-refractivity contribution >= 4 is 11.7 Å². The van der Waals surface area contributed by atoms with E-state index in [2.05, 4.69) is 10.4 Å². The molecule has 3 N–H and O–H groups in total. The lowest BCUT2D eigenvalue weighted by atomic mass is 9.84. The molecule has 1 aromatic carbocycles. The van der Waals surface area contributed by atoms with Gasteiger partial charge in [0.15, 0.2) is 29.3 Å². The summed E-state index contributed by atoms with van der Waals surface area (Å²) in [6.07, 6.45) is 9.35. The van der Waals surface area contributed by atoms with E-state index in [-0.39, 0.29) is 24.5 Å². The van der Waals surface area contributed by atoms with Crippen LogP contribution in [0.2, 0.25) is 0 Å². The lowest BCUT2D eigenvalue weighted by Gasteiger charge is -2.27. The molecule has 10 heteroatoms. The number of hydrogen-bond acceptors (Lipinski definition) is 7. The van der Waals surface area contributed by atoms with Gasteiger partial charge >= 0.3 is 0 Å². The summed E-state index contributed by atoms with van der Waals surface area (Å²) < 4.78 is 20.9. The third kappa shape index (κ3) is 7.06. The van der Waals surface area contributed by atoms with Gasteiger partial charge in [-0.25, -0.2) is 0 Å². The second-order valence-electron chi connectivity index (χ2n) is 11.2. The summed E-state index contributed by atoms with van der Waals surface area (Å²) in [4.78, 5) is 13.5. The Kier molecular flexibility index (Phi) is 8.02. The maximum Gasteiger partial charge on any atom is 0.248 e. The van der Waals surface area contributed by atoms with Crippen LogP contribution in [0.4, 0.5) is 5.82 Å². The van der Waals surface area contributed by atoms with Crippen molar-refractivity contribution in [2.75, 3.05) is 18.5 Å². The number of nitrogens with zero attached hydrogens (tertiary/aromatic N) is 3. The van der Waals surface area contributed by atoms with Crippen molar-refractivity contribution in [1.82, 2.24) is 14.3 Å². The fraction of sp³-hybridized carbons (Fsp3) is 0.517. The van der Waals surface area contributed by atoms with Crippen LogP contribution >= 0.6 is 0 Å². The van der Waals surface area contributed by atoms with Gasteiger partial charge in [-0.15, -0.1) is 0 Å². The number of hydrogen-bond donors (Lipinski definition) is 3. The van der Waals surface area contributed by atoms with E-state index in [1.807, 2.05) is 24.3 Å². The number of carbonyl (C=O) groups is 1. The Hall–Kier alpha value is -3.66. The minimum absolute atomic E-state index is 0.0420. The van der Waals surface area contributed by atoms with Crippen LogP contribution in [0.1, 0.15) is 58.4 Å². The molecule has 1 aliphatic heterocycles. The van der Waals surface area contributed by atoms with E-state index in [1.165, 1.54) is 12.5 Å². The van der Waals surface area contributed by atoms with Crippen LogP contribution in [-0.4, -0.2) is 55.4 Å². The summed E-state index contributed by atoms with van der Waals surface area (Å²) in [6, 6.07) is 10.1. The minimum Gasteiger partial charge on any atom is -0.494 e. The first-order valence-corrected chi connectivity index (χ1v) is 13.7. The van der Waals surface area contributed by atoms with Crippen molar-refractivity contribution in [3.05, 3.63) is 48.8 Å². The Morgan fingerprint density at radius 3 is 2.74 bits per heavy atom. The zero-order valence-corrected chi connectivity index (χ0v) is 22.6. The Labute approximate surface area is 228 Å². The maximum atomic E-state index is 13.5. The van der Waals surface area contributed by atoms with Crippen LogP contribution in [0.3, 0.4) is 0 Å². The molecule has 5 rings (SSSR count). The van der Waals surface area contributed by atoms with E-state index in [0.29, 0.717) is 48.6 Å². The lowest BCUT2D eigenvalue weighted by Crippen LogP contribution is -2.34. The highest BCUT2D eigenvalue weighted by Crippen LogP contribution is 2.36. The molecule has 2 aliphatic rings. The molecular weight excluding hydrogens is 500 g/mol. The molecule has 1 unspecified atom stereocenters. The highest BCUT2D eigenvalue weighted by molar-refractivity contribution is 5.93. The summed E-state index contributed by atoms with van der Waals surface area (Å²) >= 11 is 0. The van der Waals surface area contributed by atoms with Crippen LogP contribution in [-0.2, 0) is 11.3 Å². The zero-order chi connectivity index (χ0) is 27.4. The summed E-state index contributed by atoms with van der Waals surface area (Å²) in [5, 5.41) is 28.2. The summed E-state index contributed by atoms with van der Waals surface area (Å²) in [5.74, 6) is 2.32. The number of aromatic nitrogens is 3. The van der Waals surface area contributed by atoms with Gasteiger partial charge in [-0.1, -0.05) is 44.2 Å². The van der Waals surface area contributed by atoms with Gasteiger partial charge in [0.2, 0.25) is 5.91 Å². The standard InChI is InChI=1S/C29H38N4O6/c1-29(2,36)19-32-13-12-26(31-32)30-28(35)23(14-20-8-4-3-5-9-20)33-16-21(15-27(33)34)37-17-22-18-38-24-10-6-7-11-25(24)39-22/h6-7,10-13,15-16,20,22-23,34,36H,3-5,8-9,14,17-19H2,1-2H3,(H,30,31,35)/t22?,23-/m0/s1. The molecule has 1 amide bonds. The van der Waals surface area contributed by atoms with Gasteiger partial charge < -0.3 is 34.3 Å². The number of nitrogens with one attached hydrogen (secondary N) is 1. The molecule has 0 spiro atoms. The molecule has 0 bridgehead atoms. The number of ether oxygens (including phenoxy) is 3. The highest BCUT2D eigenvalue weighted by Gasteiger charge is 2.29. The average molecular weight is 539 g/mol. The van der Waals surface area contributed by atoms with E-state index in [1.54, 1.807) is 41.6 Å². The summed E-state index contributed by atoms with van der Waals surface area (Å²) in [5.41, 5.74) is -0.928. The van der Waals surface area contributed by atoms with Crippen molar-refractivity contribution in [2.24, 2.45) is 5.92 Å². The summed E-state index contributed by atoms with van der Waals surface area (Å²) in [6.45, 7) is 4.29. The Bertz CT molecular complexity index is 1260. The van der Waals surface area contributed by atoms with E-state index < -0.39 is 11.6 Å². The van der Waals surface area contributed by atoms with Gasteiger partial charge in [0, 0.05) is 18.3 Å². The van der Waals surface area contributed by atoms with Gasteiger partial charge in [-0.2, -0.15) is 5.10 Å². The Balaban J connectivity index is 1.27. The van der Waals surface area contributed by atoms with Crippen LogP contribution < -0.4 is 19.5 Å². The number of aliphatic hydroxyl groups is 1. The van der Waals surface area contributed by atoms with Crippen LogP contribution in [0.5, 0.6) is 23.1 Å². The quantitative estimate of drug-likeness (QED) is 0.347. The molecule has 3 aromatic rings. The second kappa shape index (κ2) is 11.6. The van der Waals surface area contributed by atoms with Gasteiger partial charge in [0.1, 0.15) is 25.0 Å². The largest absolute Gasteiger partial charge is 0.494 e. The predicted octanol–water partition coefficient (Wildman–Crippen LogP) is 4.53. The first-order chi connectivity index (χ1) is 18.7. The summed E-state index contributed by atoms with van der Waals surface area (Å²) in [7, 11) is 0. The molecule has 2 aromatic heterocycles. The number of para-hydroxylation sites is 2. The fourth-order valence-electron chi connectivity index (χ4n) is 5.31. The Morgan fingerprint density at radius 2 is 1.97 bits per heavy atom. The van der Waals surface area contributed by atoms with Crippen molar-refractivity contribution in [3.63, 3.8) is 0 Å². The van der Waals surface area contributed by atoms with Crippen molar-refractivity contribution in [2.45, 2.75) is 76.7 Å². The van der Waals surface area contributed by atoms with Crippen LogP contribution in [0.15, 0.2) is 48.8 Å². The molecule has 39 heavy (non-hydrogen) atoms.